The monoisotopic (exact) mass is 220 g/mol. The van der Waals surface area contributed by atoms with Crippen LogP contribution >= 0.6 is 0 Å². The summed E-state index contributed by atoms with van der Waals surface area (Å²) in [4.78, 5) is 11.6. The minimum atomic E-state index is 0.252. The second kappa shape index (κ2) is 8.05. The molecule has 0 amide bonds. The molecule has 0 aliphatic rings. The zero-order valence-corrected chi connectivity index (χ0v) is 9.95. The van der Waals surface area contributed by atoms with Gasteiger partial charge in [-0.25, -0.2) is 0 Å². The molecule has 0 aliphatic carbocycles. The number of hydrogen-bond acceptors (Lipinski definition) is 2. The molecule has 0 radical (unpaired) electrons. The van der Waals surface area contributed by atoms with Gasteiger partial charge in [0, 0.05) is 19.4 Å². The highest BCUT2D eigenvalue weighted by molar-refractivity contribution is 5.80. The third-order valence-corrected chi connectivity index (χ3v) is 2.41. The van der Waals surface area contributed by atoms with Crippen molar-refractivity contribution in [3.63, 3.8) is 0 Å². The van der Waals surface area contributed by atoms with Gasteiger partial charge in [-0.1, -0.05) is 43.7 Å². The molecule has 0 saturated heterocycles. The summed E-state index contributed by atoms with van der Waals surface area (Å²) in [5, 5.41) is 0. The molecular weight excluding hydrogens is 200 g/mol. The third-order valence-electron chi connectivity index (χ3n) is 2.41. The lowest BCUT2D eigenvalue weighted by atomic mass is 10.1. The molecule has 1 aromatic carbocycles. The first-order valence-electron chi connectivity index (χ1n) is 5.96. The van der Waals surface area contributed by atoms with Crippen LogP contribution in [0.15, 0.2) is 30.3 Å². The Labute approximate surface area is 97.6 Å². The molecule has 0 aliphatic heterocycles. The molecule has 2 heteroatoms. The molecule has 88 valence electrons. The van der Waals surface area contributed by atoms with Crippen molar-refractivity contribution in [1.82, 2.24) is 0 Å². The summed E-state index contributed by atoms with van der Waals surface area (Å²) < 4.78 is 5.36. The smallest absolute Gasteiger partial charge is 0.139 e. The highest BCUT2D eigenvalue weighted by atomic mass is 16.5. The number of rotatable bonds is 8. The zero-order valence-electron chi connectivity index (χ0n) is 9.95. The van der Waals surface area contributed by atoms with Gasteiger partial charge in [0.2, 0.25) is 0 Å². The van der Waals surface area contributed by atoms with E-state index in [0.29, 0.717) is 19.4 Å². The Morgan fingerprint density at radius 2 is 1.94 bits per heavy atom. The fourth-order valence-electron chi connectivity index (χ4n) is 1.45. The van der Waals surface area contributed by atoms with Gasteiger partial charge in [0.15, 0.2) is 0 Å². The Bertz CT molecular complexity index is 293. The number of ether oxygens (including phenoxy) is 1. The Balaban J connectivity index is 2.12. The predicted molar refractivity (Wildman–Crippen MR) is 65.5 cm³/mol. The second-order valence-electron chi connectivity index (χ2n) is 3.92. The first-order valence-corrected chi connectivity index (χ1v) is 5.96. The van der Waals surface area contributed by atoms with E-state index in [0.717, 1.165) is 25.0 Å². The molecule has 0 atom stereocenters. The molecule has 0 bridgehead atoms. The lowest BCUT2D eigenvalue weighted by molar-refractivity contribution is -0.119. The first-order chi connectivity index (χ1) is 7.83. The number of unbranched alkanes of at least 4 members (excludes halogenated alkanes) is 1. The minimum Gasteiger partial charge on any atom is -0.381 e. The molecule has 16 heavy (non-hydrogen) atoms. The van der Waals surface area contributed by atoms with Crippen molar-refractivity contribution >= 4 is 5.78 Å². The topological polar surface area (TPSA) is 26.3 Å². The molecule has 2 nitrogen and oxygen atoms in total. The number of carbonyl (C=O) groups excluding carboxylic acids is 1. The van der Waals surface area contributed by atoms with E-state index in [1.54, 1.807) is 0 Å². The van der Waals surface area contributed by atoms with Gasteiger partial charge < -0.3 is 4.74 Å². The maximum Gasteiger partial charge on any atom is 0.139 e. The van der Waals surface area contributed by atoms with Crippen molar-refractivity contribution < 1.29 is 9.53 Å². The summed E-state index contributed by atoms with van der Waals surface area (Å²) in [7, 11) is 0. The maximum absolute atomic E-state index is 11.6. The molecule has 0 aromatic heterocycles. The zero-order chi connectivity index (χ0) is 11.6. The third kappa shape index (κ3) is 5.66. The molecule has 0 N–H and O–H groups in total. The van der Waals surface area contributed by atoms with Gasteiger partial charge in [-0.2, -0.15) is 0 Å². The largest absolute Gasteiger partial charge is 0.381 e. The van der Waals surface area contributed by atoms with Crippen LogP contribution in [0.5, 0.6) is 0 Å². The average molecular weight is 220 g/mol. The van der Waals surface area contributed by atoms with E-state index < -0.39 is 0 Å². The molecule has 0 heterocycles. The number of hydrogen-bond donors (Lipinski definition) is 0. The Hall–Kier alpha value is -1.15. The highest BCUT2D eigenvalue weighted by Crippen LogP contribution is 2.02. The van der Waals surface area contributed by atoms with Crippen LogP contribution in [-0.2, 0) is 16.0 Å². The van der Waals surface area contributed by atoms with Crippen LogP contribution in [0.2, 0.25) is 0 Å². The van der Waals surface area contributed by atoms with Crippen molar-refractivity contribution in [3.8, 4) is 0 Å². The van der Waals surface area contributed by atoms with Gasteiger partial charge in [0.25, 0.3) is 0 Å². The normalized spacial score (nSPS) is 10.3. The van der Waals surface area contributed by atoms with Crippen LogP contribution in [0.4, 0.5) is 0 Å². The first kappa shape index (κ1) is 12.9. The number of Topliss-reactive ketones (excluding diaryl/α,β-unsaturated/α-hetero) is 1. The average Bonchev–Trinajstić information content (AvgIpc) is 2.30. The Kier molecular flexibility index (Phi) is 6.50. The van der Waals surface area contributed by atoms with Crippen LogP contribution in [0.1, 0.15) is 31.7 Å². The number of ketones is 1. The van der Waals surface area contributed by atoms with Gasteiger partial charge in [-0.05, 0) is 12.0 Å². The van der Waals surface area contributed by atoms with Crippen molar-refractivity contribution in [1.29, 1.82) is 0 Å². The van der Waals surface area contributed by atoms with E-state index in [1.807, 2.05) is 30.3 Å². The van der Waals surface area contributed by atoms with E-state index in [1.165, 1.54) is 0 Å². The van der Waals surface area contributed by atoms with Gasteiger partial charge >= 0.3 is 0 Å². The van der Waals surface area contributed by atoms with E-state index >= 15 is 0 Å². The lowest BCUT2D eigenvalue weighted by Gasteiger charge is -2.03. The van der Waals surface area contributed by atoms with Gasteiger partial charge in [-0.15, -0.1) is 0 Å². The molecular formula is C14H20O2. The Morgan fingerprint density at radius 3 is 2.62 bits per heavy atom. The molecule has 0 saturated carbocycles. The number of benzene rings is 1. The van der Waals surface area contributed by atoms with Crippen LogP contribution in [0.3, 0.4) is 0 Å². The standard InChI is InChI=1S/C14H20O2/c1-2-3-10-16-11-9-14(15)12-13-7-5-4-6-8-13/h4-8H,2-3,9-12H2,1H3. The SMILES string of the molecule is CCCCOCCC(=O)Cc1ccccc1. The molecule has 0 fully saturated rings. The molecule has 1 rings (SSSR count). The van der Waals surface area contributed by atoms with Crippen molar-refractivity contribution in [2.45, 2.75) is 32.6 Å². The van der Waals surface area contributed by atoms with E-state index in [9.17, 15) is 4.79 Å². The summed E-state index contributed by atoms with van der Waals surface area (Å²) in [5.41, 5.74) is 1.08. The van der Waals surface area contributed by atoms with Crippen molar-refractivity contribution in [3.05, 3.63) is 35.9 Å². The molecule has 0 unspecified atom stereocenters. The minimum absolute atomic E-state index is 0.252. The fourth-order valence-corrected chi connectivity index (χ4v) is 1.45. The summed E-state index contributed by atoms with van der Waals surface area (Å²) in [6.07, 6.45) is 3.27. The maximum atomic E-state index is 11.6. The second-order valence-corrected chi connectivity index (χ2v) is 3.92. The summed E-state index contributed by atoms with van der Waals surface area (Å²) in [5.74, 6) is 0.252. The molecule has 1 aromatic rings. The highest BCUT2D eigenvalue weighted by Gasteiger charge is 2.02. The van der Waals surface area contributed by atoms with E-state index in [-0.39, 0.29) is 5.78 Å². The quantitative estimate of drug-likeness (QED) is 0.629. The Morgan fingerprint density at radius 1 is 1.19 bits per heavy atom. The summed E-state index contributed by atoms with van der Waals surface area (Å²) >= 11 is 0. The van der Waals surface area contributed by atoms with E-state index in [4.69, 9.17) is 4.74 Å². The summed E-state index contributed by atoms with van der Waals surface area (Å²) in [6.45, 7) is 3.46. The van der Waals surface area contributed by atoms with Crippen LogP contribution in [0.25, 0.3) is 0 Å². The fraction of sp³-hybridized carbons (Fsp3) is 0.500. The van der Waals surface area contributed by atoms with E-state index in [2.05, 4.69) is 6.92 Å². The molecule has 0 spiro atoms. The van der Waals surface area contributed by atoms with Crippen LogP contribution in [0, 0.1) is 0 Å². The van der Waals surface area contributed by atoms with Gasteiger partial charge in [0.05, 0.1) is 6.61 Å². The summed E-state index contributed by atoms with van der Waals surface area (Å²) in [6, 6.07) is 9.84. The lowest BCUT2D eigenvalue weighted by Crippen LogP contribution is -2.07. The van der Waals surface area contributed by atoms with Crippen molar-refractivity contribution in [2.75, 3.05) is 13.2 Å². The van der Waals surface area contributed by atoms with Crippen LogP contribution < -0.4 is 0 Å². The van der Waals surface area contributed by atoms with Gasteiger partial charge in [0.1, 0.15) is 5.78 Å². The number of carbonyl (C=O) groups is 1. The van der Waals surface area contributed by atoms with Crippen molar-refractivity contribution in [2.24, 2.45) is 0 Å². The predicted octanol–water partition coefficient (Wildman–Crippen LogP) is 3.01. The van der Waals surface area contributed by atoms with Crippen LogP contribution in [-0.4, -0.2) is 19.0 Å². The van der Waals surface area contributed by atoms with Gasteiger partial charge in [-0.3, -0.25) is 4.79 Å².